The number of aryl methyl sites for hydroxylation is 1. The van der Waals surface area contributed by atoms with Crippen LogP contribution in [0.1, 0.15) is 55.4 Å². The molecule has 0 heterocycles. The van der Waals surface area contributed by atoms with Crippen LogP contribution >= 0.6 is 0 Å². The van der Waals surface area contributed by atoms with Crippen molar-refractivity contribution in [2.45, 2.75) is 50.3 Å². The number of benzene rings is 3. The monoisotopic (exact) mass is 452 g/mol. The van der Waals surface area contributed by atoms with Crippen molar-refractivity contribution in [1.29, 1.82) is 0 Å². The number of rotatable bonds is 8. The van der Waals surface area contributed by atoms with Crippen LogP contribution in [0.3, 0.4) is 0 Å². The van der Waals surface area contributed by atoms with Gasteiger partial charge in [0.25, 0.3) is 10.1 Å². The van der Waals surface area contributed by atoms with Gasteiger partial charge in [-0.05, 0) is 48.1 Å². The van der Waals surface area contributed by atoms with Gasteiger partial charge in [-0.2, -0.15) is 8.42 Å². The summed E-state index contributed by atoms with van der Waals surface area (Å²) in [5, 5.41) is 0. The molecule has 0 aromatic heterocycles. The highest BCUT2D eigenvalue weighted by Gasteiger charge is 2.23. The van der Waals surface area contributed by atoms with E-state index in [2.05, 4.69) is 45.0 Å². The highest BCUT2D eigenvalue weighted by Crippen LogP contribution is 2.37. The van der Waals surface area contributed by atoms with Gasteiger partial charge in [0.2, 0.25) is 0 Å². The average Bonchev–Trinajstić information content (AvgIpc) is 2.76. The van der Waals surface area contributed by atoms with E-state index in [4.69, 9.17) is 8.92 Å². The Morgan fingerprint density at radius 2 is 1.56 bits per heavy atom. The normalized spacial score (nSPS) is 13.0. The van der Waals surface area contributed by atoms with Gasteiger partial charge in [0.1, 0.15) is 5.75 Å². The number of ether oxygens (including phenoxy) is 1. The van der Waals surface area contributed by atoms with E-state index in [0.717, 1.165) is 22.4 Å². The Bertz CT molecular complexity index is 1130. The molecule has 5 heteroatoms. The molecule has 0 radical (unpaired) electrons. The summed E-state index contributed by atoms with van der Waals surface area (Å²) < 4.78 is 36.4. The average molecular weight is 453 g/mol. The van der Waals surface area contributed by atoms with Gasteiger partial charge in [-0.1, -0.05) is 80.9 Å². The van der Waals surface area contributed by atoms with Crippen LogP contribution in [-0.4, -0.2) is 22.1 Å². The quantitative estimate of drug-likeness (QED) is 0.380. The van der Waals surface area contributed by atoms with Crippen molar-refractivity contribution in [1.82, 2.24) is 0 Å². The summed E-state index contributed by atoms with van der Waals surface area (Å²) in [6.45, 7) is 8.51. The third-order valence-electron chi connectivity index (χ3n) is 5.63. The predicted octanol–water partition coefficient (Wildman–Crippen LogP) is 6.23. The van der Waals surface area contributed by atoms with E-state index in [1.807, 2.05) is 31.2 Å². The molecule has 4 nitrogen and oxygen atoms in total. The highest BCUT2D eigenvalue weighted by molar-refractivity contribution is 7.86. The lowest BCUT2D eigenvalue weighted by Crippen LogP contribution is -2.15. The van der Waals surface area contributed by atoms with Gasteiger partial charge >= 0.3 is 0 Å². The smallest absolute Gasteiger partial charge is 0.296 e. The maximum Gasteiger partial charge on any atom is 0.296 e. The summed E-state index contributed by atoms with van der Waals surface area (Å²) in [6.07, 6.45) is 0.499. The van der Waals surface area contributed by atoms with Crippen molar-refractivity contribution in [3.63, 3.8) is 0 Å². The molecular formula is C27H32O4S. The Morgan fingerprint density at radius 1 is 0.906 bits per heavy atom. The lowest BCUT2D eigenvalue weighted by molar-refractivity contribution is 0.304. The highest BCUT2D eigenvalue weighted by atomic mass is 32.2. The second kappa shape index (κ2) is 9.88. The van der Waals surface area contributed by atoms with Crippen molar-refractivity contribution >= 4 is 10.1 Å². The summed E-state index contributed by atoms with van der Waals surface area (Å²) in [6, 6.07) is 23.0. The van der Waals surface area contributed by atoms with Crippen molar-refractivity contribution in [3.05, 3.63) is 95.1 Å². The Kier molecular flexibility index (Phi) is 7.42. The van der Waals surface area contributed by atoms with E-state index < -0.39 is 10.1 Å². The maximum absolute atomic E-state index is 12.7. The molecule has 170 valence electrons. The molecule has 32 heavy (non-hydrogen) atoms. The first-order valence-corrected chi connectivity index (χ1v) is 12.2. The van der Waals surface area contributed by atoms with Crippen molar-refractivity contribution in [3.8, 4) is 5.75 Å². The van der Waals surface area contributed by atoms with Gasteiger partial charge in [-0.15, -0.1) is 0 Å². The van der Waals surface area contributed by atoms with Gasteiger partial charge in [0.05, 0.1) is 18.6 Å². The molecule has 3 aromatic carbocycles. The standard InChI is InChI=1S/C27H32O4S/c1-20-11-14-23(15-12-20)32(28,29)31-18-17-24(21-9-7-6-8-10-21)25-19-22(27(2,3)4)13-16-26(25)30-5/h6-16,19,24H,17-18H2,1-5H3/t24-/m0/s1. The second-order valence-electron chi connectivity index (χ2n) is 9.05. The molecule has 0 fully saturated rings. The lowest BCUT2D eigenvalue weighted by atomic mass is 9.82. The second-order valence-corrected chi connectivity index (χ2v) is 10.7. The molecule has 0 amide bonds. The molecule has 0 bridgehead atoms. The van der Waals surface area contributed by atoms with Crippen molar-refractivity contribution in [2.24, 2.45) is 0 Å². The molecule has 0 spiro atoms. The van der Waals surface area contributed by atoms with Crippen molar-refractivity contribution in [2.75, 3.05) is 13.7 Å². The fraction of sp³-hybridized carbons (Fsp3) is 0.333. The zero-order chi connectivity index (χ0) is 23.4. The molecule has 3 rings (SSSR count). The Balaban J connectivity index is 1.91. The molecule has 0 saturated heterocycles. The van der Waals surface area contributed by atoms with Crippen LogP contribution in [0.5, 0.6) is 5.75 Å². The summed E-state index contributed by atoms with van der Waals surface area (Å²) in [4.78, 5) is 0.173. The molecule has 0 aliphatic rings. The number of hydrogen-bond donors (Lipinski definition) is 0. The van der Waals surface area contributed by atoms with E-state index in [-0.39, 0.29) is 22.8 Å². The first-order chi connectivity index (χ1) is 15.1. The first-order valence-electron chi connectivity index (χ1n) is 10.8. The van der Waals surface area contributed by atoms with Crippen LogP contribution < -0.4 is 4.74 Å². The maximum atomic E-state index is 12.7. The van der Waals surface area contributed by atoms with Crippen LogP contribution in [0.4, 0.5) is 0 Å². The lowest BCUT2D eigenvalue weighted by Gasteiger charge is -2.25. The fourth-order valence-electron chi connectivity index (χ4n) is 3.71. The number of methoxy groups -OCH3 is 1. The Hall–Kier alpha value is -2.63. The molecular weight excluding hydrogens is 420 g/mol. The molecule has 1 atom stereocenters. The predicted molar refractivity (Wildman–Crippen MR) is 129 cm³/mol. The third kappa shape index (κ3) is 5.78. The van der Waals surface area contributed by atoms with E-state index in [1.165, 1.54) is 5.56 Å². The van der Waals surface area contributed by atoms with Gasteiger partial charge in [-0.3, -0.25) is 4.18 Å². The minimum Gasteiger partial charge on any atom is -0.496 e. The third-order valence-corrected chi connectivity index (χ3v) is 6.95. The topological polar surface area (TPSA) is 52.6 Å². The van der Waals surface area contributed by atoms with Gasteiger partial charge in [-0.25, -0.2) is 0 Å². The Labute approximate surface area is 192 Å². The summed E-state index contributed by atoms with van der Waals surface area (Å²) in [5.41, 5.74) is 4.30. The molecule has 0 N–H and O–H groups in total. The summed E-state index contributed by atoms with van der Waals surface area (Å²) >= 11 is 0. The van der Waals surface area contributed by atoms with Crippen LogP contribution in [0.25, 0.3) is 0 Å². The molecule has 0 saturated carbocycles. The molecule has 0 aliphatic carbocycles. The minimum absolute atomic E-state index is 0.0203. The zero-order valence-corrected chi connectivity index (χ0v) is 20.3. The van der Waals surface area contributed by atoms with Gasteiger partial charge < -0.3 is 4.74 Å². The van der Waals surface area contributed by atoms with E-state index >= 15 is 0 Å². The van der Waals surface area contributed by atoms with Crippen molar-refractivity contribution < 1.29 is 17.3 Å². The van der Waals surface area contributed by atoms with Crippen LogP contribution in [0.15, 0.2) is 77.7 Å². The SMILES string of the molecule is COc1ccc(C(C)(C)C)cc1[C@@H](CCOS(=O)(=O)c1ccc(C)cc1)c1ccccc1. The zero-order valence-electron chi connectivity index (χ0n) is 19.5. The first kappa shape index (κ1) is 24.0. The fourth-order valence-corrected chi connectivity index (χ4v) is 4.63. The minimum atomic E-state index is -3.82. The summed E-state index contributed by atoms with van der Waals surface area (Å²) in [5.74, 6) is 0.718. The van der Waals surface area contributed by atoms with E-state index in [1.54, 1.807) is 31.4 Å². The van der Waals surface area contributed by atoms with Gasteiger partial charge in [0.15, 0.2) is 0 Å². The molecule has 0 unspecified atom stereocenters. The van der Waals surface area contributed by atoms with Gasteiger partial charge in [0, 0.05) is 11.5 Å². The van der Waals surface area contributed by atoms with Crippen LogP contribution in [0, 0.1) is 6.92 Å². The largest absolute Gasteiger partial charge is 0.496 e. The van der Waals surface area contributed by atoms with Crippen LogP contribution in [0.2, 0.25) is 0 Å². The van der Waals surface area contributed by atoms with E-state index in [0.29, 0.717) is 6.42 Å². The summed E-state index contributed by atoms with van der Waals surface area (Å²) in [7, 11) is -2.15. The van der Waals surface area contributed by atoms with Crippen LogP contribution in [-0.2, 0) is 19.7 Å². The molecule has 3 aromatic rings. The van der Waals surface area contributed by atoms with E-state index in [9.17, 15) is 8.42 Å². The number of hydrogen-bond acceptors (Lipinski definition) is 4. The molecule has 0 aliphatic heterocycles. The Morgan fingerprint density at radius 3 is 2.16 bits per heavy atom.